The van der Waals surface area contributed by atoms with Gasteiger partial charge in [0.25, 0.3) is 5.91 Å². The van der Waals surface area contributed by atoms with E-state index in [1.807, 2.05) is 61.5 Å². The van der Waals surface area contributed by atoms with Crippen LogP contribution >= 0.6 is 11.6 Å². The Morgan fingerprint density at radius 3 is 2.54 bits per heavy atom. The molecule has 0 saturated carbocycles. The number of rotatable bonds is 5. The minimum Gasteiger partial charge on any atom is -0.466 e. The van der Waals surface area contributed by atoms with E-state index in [9.17, 15) is 4.79 Å². The summed E-state index contributed by atoms with van der Waals surface area (Å²) in [6, 6.07) is 21.2. The summed E-state index contributed by atoms with van der Waals surface area (Å²) in [6.45, 7) is 2.79. The van der Waals surface area contributed by atoms with E-state index in [0.717, 1.165) is 16.8 Å². The minimum absolute atomic E-state index is 0.0642. The van der Waals surface area contributed by atoms with Crippen molar-refractivity contribution in [2.24, 2.45) is 5.10 Å². The molecule has 0 spiro atoms. The van der Waals surface area contributed by atoms with Crippen molar-refractivity contribution < 1.29 is 9.21 Å². The predicted octanol–water partition coefficient (Wildman–Crippen LogP) is 4.70. The lowest BCUT2D eigenvalue weighted by molar-refractivity contribution is -0.128. The molecule has 142 valence electrons. The Hall–Kier alpha value is -2.89. The molecule has 28 heavy (non-hydrogen) atoms. The quantitative estimate of drug-likeness (QED) is 0.590. The lowest BCUT2D eigenvalue weighted by atomic mass is 10.1. The van der Waals surface area contributed by atoms with E-state index in [1.165, 1.54) is 5.01 Å². The molecular weight excluding hydrogens is 374 g/mol. The van der Waals surface area contributed by atoms with Crippen molar-refractivity contribution in [1.29, 1.82) is 0 Å². The molecule has 6 heteroatoms. The highest BCUT2D eigenvalue weighted by atomic mass is 35.5. The van der Waals surface area contributed by atoms with Gasteiger partial charge in [-0.2, -0.15) is 5.10 Å². The number of amides is 1. The maximum Gasteiger partial charge on any atom is 0.258 e. The fourth-order valence-corrected chi connectivity index (χ4v) is 3.47. The number of halogens is 1. The summed E-state index contributed by atoms with van der Waals surface area (Å²) in [5, 5.41) is 6.82. The molecular formula is C22H20ClN3O2. The zero-order chi connectivity index (χ0) is 19.5. The second-order valence-corrected chi connectivity index (χ2v) is 7.15. The number of hydrazone groups is 1. The minimum atomic E-state index is -0.384. The largest absolute Gasteiger partial charge is 0.466 e. The number of nitrogens with zero attached hydrogens (tertiary/aromatic N) is 3. The molecule has 1 fully saturated rings. The van der Waals surface area contributed by atoms with Gasteiger partial charge in [0.15, 0.2) is 6.17 Å². The summed E-state index contributed by atoms with van der Waals surface area (Å²) in [4.78, 5) is 14.9. The molecule has 0 aliphatic carbocycles. The highest BCUT2D eigenvalue weighted by Gasteiger charge is 2.41. The van der Waals surface area contributed by atoms with E-state index in [-0.39, 0.29) is 18.6 Å². The van der Waals surface area contributed by atoms with Crippen molar-refractivity contribution in [3.8, 4) is 0 Å². The van der Waals surface area contributed by atoms with Gasteiger partial charge in [-0.05, 0) is 42.3 Å². The summed E-state index contributed by atoms with van der Waals surface area (Å²) in [5.41, 5.74) is 2.78. The van der Waals surface area contributed by atoms with Gasteiger partial charge in [-0.25, -0.2) is 5.01 Å². The summed E-state index contributed by atoms with van der Waals surface area (Å²) in [5.74, 6) is 0.625. The highest BCUT2D eigenvalue weighted by Crippen LogP contribution is 2.33. The van der Waals surface area contributed by atoms with Gasteiger partial charge in [0.2, 0.25) is 0 Å². The van der Waals surface area contributed by atoms with Crippen molar-refractivity contribution in [3.05, 3.63) is 94.9 Å². The van der Waals surface area contributed by atoms with Crippen LogP contribution in [0.3, 0.4) is 0 Å². The van der Waals surface area contributed by atoms with Crippen molar-refractivity contribution in [2.45, 2.75) is 19.6 Å². The van der Waals surface area contributed by atoms with Crippen LogP contribution in [-0.4, -0.2) is 28.1 Å². The fourth-order valence-electron chi connectivity index (χ4n) is 3.34. The Morgan fingerprint density at radius 2 is 1.86 bits per heavy atom. The SMILES string of the molecule is C/C(=N\N1C(=O)CN(Cc2ccccc2)[C@@H]1c1ccco1)c1ccc(Cl)cc1. The van der Waals surface area contributed by atoms with Crippen LogP contribution in [0.2, 0.25) is 5.02 Å². The van der Waals surface area contributed by atoms with Crippen LogP contribution in [0.5, 0.6) is 0 Å². The third kappa shape index (κ3) is 3.86. The number of carbonyl (C=O) groups is 1. The van der Waals surface area contributed by atoms with Crippen molar-refractivity contribution >= 4 is 23.2 Å². The average molecular weight is 394 g/mol. The van der Waals surface area contributed by atoms with Crippen molar-refractivity contribution in [3.63, 3.8) is 0 Å². The first-order valence-corrected chi connectivity index (χ1v) is 9.44. The number of furan rings is 1. The number of carbonyl (C=O) groups excluding carboxylic acids is 1. The molecule has 5 nitrogen and oxygen atoms in total. The van der Waals surface area contributed by atoms with Crippen molar-refractivity contribution in [1.82, 2.24) is 9.91 Å². The number of hydrogen-bond acceptors (Lipinski definition) is 4. The van der Waals surface area contributed by atoms with Gasteiger partial charge in [0.1, 0.15) is 5.76 Å². The molecule has 1 aliphatic heterocycles. The molecule has 1 saturated heterocycles. The van der Waals surface area contributed by atoms with E-state index in [4.69, 9.17) is 16.0 Å². The second-order valence-electron chi connectivity index (χ2n) is 6.71. The van der Waals surface area contributed by atoms with E-state index in [0.29, 0.717) is 17.3 Å². The molecule has 1 amide bonds. The molecule has 2 aromatic carbocycles. The molecule has 4 rings (SSSR count). The number of hydrogen-bond donors (Lipinski definition) is 0. The van der Waals surface area contributed by atoms with E-state index in [2.05, 4.69) is 22.1 Å². The summed E-state index contributed by atoms with van der Waals surface area (Å²) in [6.07, 6.45) is 1.23. The molecule has 1 aliphatic rings. The summed E-state index contributed by atoms with van der Waals surface area (Å²) >= 11 is 5.97. The molecule has 0 radical (unpaired) electrons. The van der Waals surface area contributed by atoms with Crippen LogP contribution in [0.1, 0.15) is 30.0 Å². The Bertz CT molecular complexity index is 969. The van der Waals surface area contributed by atoms with Crippen LogP contribution in [0.4, 0.5) is 0 Å². The van der Waals surface area contributed by atoms with E-state index < -0.39 is 0 Å². The highest BCUT2D eigenvalue weighted by molar-refractivity contribution is 6.30. The third-order valence-electron chi connectivity index (χ3n) is 4.72. The molecule has 1 atom stereocenters. The fraction of sp³-hybridized carbons (Fsp3) is 0.182. The zero-order valence-corrected chi connectivity index (χ0v) is 16.2. The molecule has 2 heterocycles. The number of benzene rings is 2. The standard InChI is InChI=1S/C22H20ClN3O2/c1-16(18-9-11-19(23)12-10-18)24-26-21(27)15-25(14-17-6-3-2-4-7-17)22(26)20-8-5-13-28-20/h2-13,22H,14-15H2,1H3/b24-16+/t22-/m0/s1. The van der Waals surface area contributed by atoms with Gasteiger partial charge in [-0.15, -0.1) is 0 Å². The molecule has 3 aromatic rings. The van der Waals surface area contributed by atoms with Gasteiger partial charge >= 0.3 is 0 Å². The summed E-state index contributed by atoms with van der Waals surface area (Å²) < 4.78 is 5.64. The molecule has 0 bridgehead atoms. The molecule has 1 aromatic heterocycles. The van der Waals surface area contributed by atoms with Crippen LogP contribution in [0.25, 0.3) is 0 Å². The first-order valence-electron chi connectivity index (χ1n) is 9.06. The van der Waals surface area contributed by atoms with Crippen LogP contribution in [0.15, 0.2) is 82.5 Å². The Labute approximate surface area is 168 Å². The smallest absolute Gasteiger partial charge is 0.258 e. The zero-order valence-electron chi connectivity index (χ0n) is 15.5. The second kappa shape index (κ2) is 8.00. The van der Waals surface area contributed by atoms with E-state index >= 15 is 0 Å². The van der Waals surface area contributed by atoms with Gasteiger partial charge in [-0.3, -0.25) is 9.69 Å². The van der Waals surface area contributed by atoms with Crippen LogP contribution < -0.4 is 0 Å². The van der Waals surface area contributed by atoms with Gasteiger partial charge in [0, 0.05) is 11.6 Å². The average Bonchev–Trinajstić information content (AvgIpc) is 3.32. The topological polar surface area (TPSA) is 49.1 Å². The lowest BCUT2D eigenvalue weighted by Crippen LogP contribution is -2.29. The Balaban J connectivity index is 1.66. The maximum absolute atomic E-state index is 12.8. The first-order chi connectivity index (χ1) is 13.6. The first kappa shape index (κ1) is 18.5. The van der Waals surface area contributed by atoms with Crippen LogP contribution in [0, 0.1) is 0 Å². The van der Waals surface area contributed by atoms with Gasteiger partial charge in [-0.1, -0.05) is 54.1 Å². The summed E-state index contributed by atoms with van der Waals surface area (Å²) in [7, 11) is 0. The predicted molar refractivity (Wildman–Crippen MR) is 109 cm³/mol. The molecule has 0 N–H and O–H groups in total. The van der Waals surface area contributed by atoms with Gasteiger partial charge in [0.05, 0.1) is 18.5 Å². The van der Waals surface area contributed by atoms with Crippen molar-refractivity contribution in [2.75, 3.05) is 6.54 Å². The monoisotopic (exact) mass is 393 g/mol. The maximum atomic E-state index is 12.8. The Morgan fingerprint density at radius 1 is 1.11 bits per heavy atom. The molecule has 0 unspecified atom stereocenters. The lowest BCUT2D eigenvalue weighted by Gasteiger charge is -2.25. The van der Waals surface area contributed by atoms with Crippen LogP contribution in [-0.2, 0) is 11.3 Å². The van der Waals surface area contributed by atoms with Gasteiger partial charge < -0.3 is 4.42 Å². The normalized spacial score (nSPS) is 18.1. The third-order valence-corrected chi connectivity index (χ3v) is 4.97. The Kier molecular flexibility index (Phi) is 5.28. The van der Waals surface area contributed by atoms with E-state index in [1.54, 1.807) is 6.26 Å².